The number of amides is 1. The van der Waals surface area contributed by atoms with Crippen LogP contribution in [0.15, 0.2) is 23.6 Å². The Bertz CT molecular complexity index is 678. The first-order valence-corrected chi connectivity index (χ1v) is 8.07. The molecule has 0 radical (unpaired) electrons. The summed E-state index contributed by atoms with van der Waals surface area (Å²) in [5.41, 5.74) is 9.78. The van der Waals surface area contributed by atoms with E-state index in [0.717, 1.165) is 35.6 Å². The fourth-order valence-corrected chi connectivity index (χ4v) is 3.54. The second-order valence-corrected chi connectivity index (χ2v) is 6.39. The maximum Gasteiger partial charge on any atom is 0.277 e. The van der Waals surface area contributed by atoms with Crippen molar-refractivity contribution in [3.63, 3.8) is 0 Å². The van der Waals surface area contributed by atoms with Gasteiger partial charge in [0.2, 0.25) is 0 Å². The van der Waals surface area contributed by atoms with Gasteiger partial charge in [0.1, 0.15) is 10.7 Å². The standard InChI is InChI=1S/C16H19N3OS/c1-10-5-3-6-12-7-4-8-19(14(10)12)16(20)13-9-21-15(18-13)11(2)17/h3,5-6,9,11H,4,7-8,17H2,1-2H3. The molecule has 2 aromatic rings. The molecule has 0 saturated heterocycles. The number of aromatic nitrogens is 1. The molecule has 5 heteroatoms. The Labute approximate surface area is 128 Å². The van der Waals surface area contributed by atoms with Gasteiger partial charge in [-0.05, 0) is 37.8 Å². The summed E-state index contributed by atoms with van der Waals surface area (Å²) in [4.78, 5) is 19.0. The summed E-state index contributed by atoms with van der Waals surface area (Å²) in [5, 5.41) is 2.62. The molecule has 1 aromatic carbocycles. The maximum atomic E-state index is 12.8. The zero-order chi connectivity index (χ0) is 15.0. The van der Waals surface area contributed by atoms with E-state index in [-0.39, 0.29) is 11.9 Å². The highest BCUT2D eigenvalue weighted by Gasteiger charge is 2.26. The minimum Gasteiger partial charge on any atom is -0.322 e. The van der Waals surface area contributed by atoms with Crippen molar-refractivity contribution in [2.75, 3.05) is 11.4 Å². The molecular formula is C16H19N3OS. The van der Waals surface area contributed by atoms with Crippen molar-refractivity contribution in [3.8, 4) is 0 Å². The van der Waals surface area contributed by atoms with Crippen molar-refractivity contribution in [2.45, 2.75) is 32.7 Å². The number of aryl methyl sites for hydroxylation is 2. The number of thiazole rings is 1. The normalized spacial score (nSPS) is 15.7. The Balaban J connectivity index is 1.96. The molecule has 2 heterocycles. The second kappa shape index (κ2) is 5.58. The lowest BCUT2D eigenvalue weighted by Crippen LogP contribution is -2.36. The highest BCUT2D eigenvalue weighted by atomic mass is 32.1. The van der Waals surface area contributed by atoms with E-state index in [0.29, 0.717) is 5.69 Å². The molecule has 4 nitrogen and oxygen atoms in total. The molecule has 21 heavy (non-hydrogen) atoms. The van der Waals surface area contributed by atoms with E-state index in [4.69, 9.17) is 5.73 Å². The van der Waals surface area contributed by atoms with E-state index in [2.05, 4.69) is 30.1 Å². The average Bonchev–Trinajstić information content (AvgIpc) is 2.96. The van der Waals surface area contributed by atoms with E-state index in [1.54, 1.807) is 0 Å². The number of carbonyl (C=O) groups is 1. The number of nitrogens with zero attached hydrogens (tertiary/aromatic N) is 2. The lowest BCUT2D eigenvalue weighted by molar-refractivity contribution is 0.0980. The molecule has 1 unspecified atom stereocenters. The van der Waals surface area contributed by atoms with Gasteiger partial charge in [0.15, 0.2) is 0 Å². The van der Waals surface area contributed by atoms with E-state index >= 15 is 0 Å². The van der Waals surface area contributed by atoms with Crippen LogP contribution in [0.25, 0.3) is 0 Å². The van der Waals surface area contributed by atoms with Crippen LogP contribution in [0.1, 0.15) is 46.0 Å². The Morgan fingerprint density at radius 1 is 1.48 bits per heavy atom. The molecule has 0 aliphatic carbocycles. The molecule has 0 fully saturated rings. The monoisotopic (exact) mass is 301 g/mol. The third-order valence-corrected chi connectivity index (χ3v) is 4.84. The van der Waals surface area contributed by atoms with Crippen LogP contribution in [-0.2, 0) is 6.42 Å². The quantitative estimate of drug-likeness (QED) is 0.927. The summed E-state index contributed by atoms with van der Waals surface area (Å²) in [6.45, 7) is 4.69. The van der Waals surface area contributed by atoms with Gasteiger partial charge in [0.25, 0.3) is 5.91 Å². The third-order valence-electron chi connectivity index (χ3n) is 3.79. The molecule has 1 aliphatic heterocycles. The Morgan fingerprint density at radius 2 is 2.29 bits per heavy atom. The van der Waals surface area contributed by atoms with Gasteiger partial charge in [-0.3, -0.25) is 4.79 Å². The zero-order valence-corrected chi connectivity index (χ0v) is 13.1. The van der Waals surface area contributed by atoms with Gasteiger partial charge in [-0.25, -0.2) is 4.98 Å². The topological polar surface area (TPSA) is 59.2 Å². The van der Waals surface area contributed by atoms with E-state index in [9.17, 15) is 4.79 Å². The molecule has 1 atom stereocenters. The van der Waals surface area contributed by atoms with E-state index in [1.807, 2.05) is 17.2 Å². The van der Waals surface area contributed by atoms with Crippen LogP contribution in [0, 0.1) is 6.92 Å². The van der Waals surface area contributed by atoms with Crippen LogP contribution in [0.4, 0.5) is 5.69 Å². The molecule has 1 aromatic heterocycles. The molecule has 110 valence electrons. The largest absolute Gasteiger partial charge is 0.322 e. The number of rotatable bonds is 2. The minimum absolute atomic E-state index is 0.0200. The molecule has 2 N–H and O–H groups in total. The molecule has 0 saturated carbocycles. The van der Waals surface area contributed by atoms with Crippen LogP contribution < -0.4 is 10.6 Å². The summed E-state index contributed by atoms with van der Waals surface area (Å²) in [6, 6.07) is 6.08. The molecule has 1 amide bonds. The summed E-state index contributed by atoms with van der Waals surface area (Å²) >= 11 is 1.45. The van der Waals surface area contributed by atoms with Crippen molar-refractivity contribution in [1.82, 2.24) is 4.98 Å². The lowest BCUT2D eigenvalue weighted by atomic mass is 9.98. The van der Waals surface area contributed by atoms with Gasteiger partial charge in [-0.2, -0.15) is 0 Å². The highest BCUT2D eigenvalue weighted by Crippen LogP contribution is 2.31. The number of carbonyl (C=O) groups excluding carboxylic acids is 1. The van der Waals surface area contributed by atoms with Crippen LogP contribution in [0.5, 0.6) is 0 Å². The Kier molecular flexibility index (Phi) is 3.78. The zero-order valence-electron chi connectivity index (χ0n) is 12.3. The average molecular weight is 301 g/mol. The number of benzene rings is 1. The summed E-state index contributed by atoms with van der Waals surface area (Å²) in [5.74, 6) is -0.0200. The molecule has 3 rings (SSSR count). The molecule has 1 aliphatic rings. The van der Waals surface area contributed by atoms with Gasteiger partial charge in [-0.1, -0.05) is 18.2 Å². The maximum absolute atomic E-state index is 12.8. The predicted octanol–water partition coefficient (Wildman–Crippen LogP) is 3.06. The van der Waals surface area contributed by atoms with Gasteiger partial charge in [0.05, 0.1) is 11.7 Å². The van der Waals surface area contributed by atoms with Crippen LogP contribution in [-0.4, -0.2) is 17.4 Å². The summed E-state index contributed by atoms with van der Waals surface area (Å²) in [6.07, 6.45) is 2.02. The van der Waals surface area contributed by atoms with Crippen LogP contribution in [0.3, 0.4) is 0 Å². The fraction of sp³-hybridized carbons (Fsp3) is 0.375. The molecular weight excluding hydrogens is 282 g/mol. The first-order chi connectivity index (χ1) is 10.1. The smallest absolute Gasteiger partial charge is 0.277 e. The fourth-order valence-electron chi connectivity index (χ4n) is 2.78. The summed E-state index contributed by atoms with van der Waals surface area (Å²) < 4.78 is 0. The first kappa shape index (κ1) is 14.2. The number of hydrogen-bond donors (Lipinski definition) is 1. The van der Waals surface area contributed by atoms with Gasteiger partial charge >= 0.3 is 0 Å². The van der Waals surface area contributed by atoms with Crippen molar-refractivity contribution in [3.05, 3.63) is 45.4 Å². The second-order valence-electron chi connectivity index (χ2n) is 5.50. The summed E-state index contributed by atoms with van der Waals surface area (Å²) in [7, 11) is 0. The molecule has 0 bridgehead atoms. The highest BCUT2D eigenvalue weighted by molar-refractivity contribution is 7.09. The first-order valence-electron chi connectivity index (χ1n) is 7.19. The number of nitrogens with two attached hydrogens (primary N) is 1. The van der Waals surface area contributed by atoms with E-state index < -0.39 is 0 Å². The van der Waals surface area contributed by atoms with Gasteiger partial charge in [-0.15, -0.1) is 11.3 Å². The van der Waals surface area contributed by atoms with E-state index in [1.165, 1.54) is 16.9 Å². The van der Waals surface area contributed by atoms with Crippen molar-refractivity contribution in [1.29, 1.82) is 0 Å². The SMILES string of the molecule is Cc1cccc2c1N(C(=O)c1csc(C(C)N)n1)CCC2. The van der Waals surface area contributed by atoms with Crippen molar-refractivity contribution >= 4 is 22.9 Å². The number of fused-ring (bicyclic) bond motifs is 1. The number of para-hydroxylation sites is 1. The third kappa shape index (κ3) is 2.59. The minimum atomic E-state index is -0.132. The lowest BCUT2D eigenvalue weighted by Gasteiger charge is -2.30. The van der Waals surface area contributed by atoms with Crippen molar-refractivity contribution in [2.24, 2.45) is 5.73 Å². The van der Waals surface area contributed by atoms with Gasteiger partial charge in [0, 0.05) is 11.9 Å². The number of anilines is 1. The van der Waals surface area contributed by atoms with Gasteiger partial charge < -0.3 is 10.6 Å². The number of hydrogen-bond acceptors (Lipinski definition) is 4. The Hall–Kier alpha value is -1.72. The Morgan fingerprint density at radius 3 is 3.00 bits per heavy atom. The van der Waals surface area contributed by atoms with Crippen LogP contribution in [0.2, 0.25) is 0 Å². The van der Waals surface area contributed by atoms with Crippen LogP contribution >= 0.6 is 11.3 Å². The predicted molar refractivity (Wildman–Crippen MR) is 85.9 cm³/mol. The molecule has 0 spiro atoms. The van der Waals surface area contributed by atoms with Crippen molar-refractivity contribution < 1.29 is 4.79 Å².